The van der Waals surface area contributed by atoms with E-state index in [-0.39, 0.29) is 29.8 Å². The molecule has 1 amide bonds. The molecular weight excluding hydrogens is 247 g/mol. The number of hydrogen-bond acceptors (Lipinski definition) is 3. The molecule has 3 unspecified atom stereocenters. The lowest BCUT2D eigenvalue weighted by Gasteiger charge is -2.35. The zero-order valence-corrected chi connectivity index (χ0v) is 11.4. The van der Waals surface area contributed by atoms with Gasteiger partial charge in [0.2, 0.25) is 5.91 Å². The summed E-state index contributed by atoms with van der Waals surface area (Å²) in [5.74, 6) is -0.314. The molecule has 19 heavy (non-hydrogen) atoms. The molecule has 0 spiro atoms. The topological polar surface area (TPSA) is 55.6 Å². The monoisotopic (exact) mass is 266 g/mol. The van der Waals surface area contributed by atoms with E-state index in [4.69, 9.17) is 10.5 Å². The lowest BCUT2D eigenvalue weighted by Crippen LogP contribution is -2.47. The highest BCUT2D eigenvalue weighted by Crippen LogP contribution is 2.34. The first-order chi connectivity index (χ1) is 8.90. The molecule has 1 aliphatic heterocycles. The predicted octanol–water partition coefficient (Wildman–Crippen LogP) is 1.92. The number of nitrogens with two attached hydrogens (primary N) is 1. The summed E-state index contributed by atoms with van der Waals surface area (Å²) in [7, 11) is 0. The third kappa shape index (κ3) is 2.71. The van der Waals surface area contributed by atoms with Crippen molar-refractivity contribution < 1.29 is 13.9 Å². The standard InChI is InChI=1S/C14H19FN2O2/c1-8-7-17(14(18)9(2)10(3)16)12-5-4-11(15)6-13(12)19-8/h4-6,8-10H,7,16H2,1-3H3. The molecule has 0 aliphatic carbocycles. The van der Waals surface area contributed by atoms with Crippen LogP contribution < -0.4 is 15.4 Å². The predicted molar refractivity (Wildman–Crippen MR) is 71.7 cm³/mol. The highest BCUT2D eigenvalue weighted by molar-refractivity contribution is 5.97. The summed E-state index contributed by atoms with van der Waals surface area (Å²) in [5.41, 5.74) is 6.39. The number of ether oxygens (including phenoxy) is 1. The summed E-state index contributed by atoms with van der Waals surface area (Å²) in [4.78, 5) is 14.1. The van der Waals surface area contributed by atoms with Crippen molar-refractivity contribution in [2.45, 2.75) is 32.9 Å². The van der Waals surface area contributed by atoms with Crippen molar-refractivity contribution in [3.05, 3.63) is 24.0 Å². The highest BCUT2D eigenvalue weighted by atomic mass is 19.1. The third-order valence-electron chi connectivity index (χ3n) is 3.42. The van der Waals surface area contributed by atoms with Crippen LogP contribution in [0.2, 0.25) is 0 Å². The van der Waals surface area contributed by atoms with Gasteiger partial charge in [0.1, 0.15) is 17.7 Å². The minimum Gasteiger partial charge on any atom is -0.487 e. The van der Waals surface area contributed by atoms with Crippen LogP contribution in [-0.4, -0.2) is 24.6 Å². The maximum atomic E-state index is 13.2. The Bertz CT molecular complexity index is 490. The Labute approximate surface area is 112 Å². The number of anilines is 1. The second-order valence-electron chi connectivity index (χ2n) is 5.14. The van der Waals surface area contributed by atoms with Crippen LogP contribution in [0, 0.1) is 11.7 Å². The van der Waals surface area contributed by atoms with Crippen molar-refractivity contribution in [2.24, 2.45) is 11.7 Å². The third-order valence-corrected chi connectivity index (χ3v) is 3.42. The average Bonchev–Trinajstić information content (AvgIpc) is 2.35. The van der Waals surface area contributed by atoms with Crippen LogP contribution in [0.5, 0.6) is 5.75 Å². The van der Waals surface area contributed by atoms with Crippen molar-refractivity contribution in [2.75, 3.05) is 11.4 Å². The van der Waals surface area contributed by atoms with Gasteiger partial charge in [-0.2, -0.15) is 0 Å². The summed E-state index contributed by atoms with van der Waals surface area (Å²) in [6.45, 7) is 5.91. The number of benzene rings is 1. The SMILES string of the molecule is CC1CN(C(=O)C(C)C(C)N)c2ccc(F)cc2O1. The first kappa shape index (κ1) is 13.8. The molecule has 4 nitrogen and oxygen atoms in total. The maximum Gasteiger partial charge on any atom is 0.231 e. The molecule has 1 aliphatic rings. The van der Waals surface area contributed by atoms with E-state index in [1.54, 1.807) is 24.8 Å². The van der Waals surface area contributed by atoms with Gasteiger partial charge in [-0.05, 0) is 26.0 Å². The Morgan fingerprint density at radius 1 is 1.53 bits per heavy atom. The summed E-state index contributed by atoms with van der Waals surface area (Å²) < 4.78 is 18.8. The van der Waals surface area contributed by atoms with Crippen molar-refractivity contribution >= 4 is 11.6 Å². The van der Waals surface area contributed by atoms with E-state index in [0.717, 1.165) is 0 Å². The number of amides is 1. The van der Waals surface area contributed by atoms with Gasteiger partial charge in [0.05, 0.1) is 18.2 Å². The number of hydrogen-bond donors (Lipinski definition) is 1. The number of halogens is 1. The first-order valence-corrected chi connectivity index (χ1v) is 6.43. The minimum absolute atomic E-state index is 0.0574. The van der Waals surface area contributed by atoms with Gasteiger partial charge >= 0.3 is 0 Å². The van der Waals surface area contributed by atoms with E-state index in [0.29, 0.717) is 18.0 Å². The number of carbonyl (C=O) groups excluding carboxylic acids is 1. The van der Waals surface area contributed by atoms with Crippen LogP contribution in [0.15, 0.2) is 18.2 Å². The summed E-state index contributed by atoms with van der Waals surface area (Å²) in [5, 5.41) is 0. The minimum atomic E-state index is -0.375. The van der Waals surface area contributed by atoms with Gasteiger partial charge in [-0.1, -0.05) is 6.92 Å². The van der Waals surface area contributed by atoms with Crippen LogP contribution in [0.4, 0.5) is 10.1 Å². The van der Waals surface area contributed by atoms with Crippen LogP contribution in [-0.2, 0) is 4.79 Å². The molecule has 2 rings (SSSR count). The number of nitrogens with zero attached hydrogens (tertiary/aromatic N) is 1. The van der Waals surface area contributed by atoms with E-state index in [2.05, 4.69) is 0 Å². The molecule has 1 heterocycles. The summed E-state index contributed by atoms with van der Waals surface area (Å²) in [6.07, 6.45) is -0.168. The lowest BCUT2D eigenvalue weighted by atomic mass is 10.0. The zero-order chi connectivity index (χ0) is 14.2. The van der Waals surface area contributed by atoms with Gasteiger partial charge < -0.3 is 15.4 Å². The number of carbonyl (C=O) groups is 1. The molecule has 2 N–H and O–H groups in total. The quantitative estimate of drug-likeness (QED) is 0.889. The lowest BCUT2D eigenvalue weighted by molar-refractivity contribution is -0.122. The van der Waals surface area contributed by atoms with E-state index in [9.17, 15) is 9.18 Å². The molecule has 104 valence electrons. The fraction of sp³-hybridized carbons (Fsp3) is 0.500. The van der Waals surface area contributed by atoms with Crippen LogP contribution in [0.3, 0.4) is 0 Å². The molecule has 0 saturated heterocycles. The molecule has 0 bridgehead atoms. The van der Waals surface area contributed by atoms with Gasteiger partial charge in [-0.3, -0.25) is 4.79 Å². The largest absolute Gasteiger partial charge is 0.487 e. The summed E-state index contributed by atoms with van der Waals surface area (Å²) >= 11 is 0. The van der Waals surface area contributed by atoms with Crippen LogP contribution >= 0.6 is 0 Å². The molecule has 0 fully saturated rings. The second kappa shape index (κ2) is 5.17. The Balaban J connectivity index is 2.35. The Hall–Kier alpha value is -1.62. The van der Waals surface area contributed by atoms with E-state index in [1.165, 1.54) is 12.1 Å². The Morgan fingerprint density at radius 2 is 2.21 bits per heavy atom. The van der Waals surface area contributed by atoms with Crippen molar-refractivity contribution in [3.63, 3.8) is 0 Å². The highest BCUT2D eigenvalue weighted by Gasteiger charge is 2.31. The smallest absolute Gasteiger partial charge is 0.231 e. The molecule has 0 aromatic heterocycles. The normalized spacial score (nSPS) is 21.3. The second-order valence-corrected chi connectivity index (χ2v) is 5.14. The maximum absolute atomic E-state index is 13.2. The van der Waals surface area contributed by atoms with Crippen molar-refractivity contribution in [1.29, 1.82) is 0 Å². The van der Waals surface area contributed by atoms with E-state index in [1.807, 2.05) is 6.92 Å². The van der Waals surface area contributed by atoms with E-state index >= 15 is 0 Å². The Kier molecular flexibility index (Phi) is 3.75. The zero-order valence-electron chi connectivity index (χ0n) is 11.4. The van der Waals surface area contributed by atoms with Gasteiger partial charge in [0.25, 0.3) is 0 Å². The fourth-order valence-electron chi connectivity index (χ4n) is 2.09. The van der Waals surface area contributed by atoms with E-state index < -0.39 is 0 Å². The molecule has 0 radical (unpaired) electrons. The van der Waals surface area contributed by atoms with Gasteiger partial charge in [-0.25, -0.2) is 4.39 Å². The van der Waals surface area contributed by atoms with Crippen molar-refractivity contribution in [3.8, 4) is 5.75 Å². The summed E-state index contributed by atoms with van der Waals surface area (Å²) in [6, 6.07) is 3.98. The molecule has 5 heteroatoms. The van der Waals surface area contributed by atoms with Crippen LogP contribution in [0.1, 0.15) is 20.8 Å². The fourth-order valence-corrected chi connectivity index (χ4v) is 2.09. The van der Waals surface area contributed by atoms with Gasteiger partial charge in [0, 0.05) is 12.1 Å². The molecule has 1 aromatic rings. The van der Waals surface area contributed by atoms with Gasteiger partial charge in [0.15, 0.2) is 0 Å². The van der Waals surface area contributed by atoms with Gasteiger partial charge in [-0.15, -0.1) is 0 Å². The molecule has 0 saturated carbocycles. The molecule has 3 atom stereocenters. The molecular formula is C14H19FN2O2. The van der Waals surface area contributed by atoms with Crippen molar-refractivity contribution in [1.82, 2.24) is 0 Å². The number of rotatable bonds is 2. The number of fused-ring (bicyclic) bond motifs is 1. The first-order valence-electron chi connectivity index (χ1n) is 6.43. The molecule has 1 aromatic carbocycles. The average molecular weight is 266 g/mol. The Morgan fingerprint density at radius 3 is 2.84 bits per heavy atom. The van der Waals surface area contributed by atoms with Crippen LogP contribution in [0.25, 0.3) is 0 Å².